The summed E-state index contributed by atoms with van der Waals surface area (Å²) in [6, 6.07) is 3.52. The molecule has 0 saturated heterocycles. The molecule has 0 unspecified atom stereocenters. The van der Waals surface area contributed by atoms with Crippen LogP contribution in [0.2, 0.25) is 5.02 Å². The van der Waals surface area contributed by atoms with E-state index in [0.717, 1.165) is 9.13 Å². The number of rotatable bonds is 1. The minimum Gasteiger partial charge on any atom is -0.276 e. The SMILES string of the molecule is Cc1c(I)ccc(Cl)c1C(=O)Cl. The smallest absolute Gasteiger partial charge is 0.254 e. The lowest BCUT2D eigenvalue weighted by Crippen LogP contribution is -1.96. The van der Waals surface area contributed by atoms with Crippen LogP contribution in [0.5, 0.6) is 0 Å². The summed E-state index contributed by atoms with van der Waals surface area (Å²) in [6.45, 7) is 1.82. The number of carbonyl (C=O) groups excluding carboxylic acids is 1. The third-order valence-corrected chi connectivity index (χ3v) is 3.22. The zero-order valence-corrected chi connectivity index (χ0v) is 9.87. The predicted octanol–water partition coefficient (Wildman–Crippen LogP) is 3.63. The van der Waals surface area contributed by atoms with Gasteiger partial charge < -0.3 is 0 Å². The molecule has 0 amide bonds. The van der Waals surface area contributed by atoms with Crippen molar-refractivity contribution < 1.29 is 4.79 Å². The third kappa shape index (κ3) is 1.92. The van der Waals surface area contributed by atoms with Gasteiger partial charge in [0.05, 0.1) is 10.6 Å². The second-order valence-corrected chi connectivity index (χ2v) is 4.22. The molecule has 64 valence electrons. The van der Waals surface area contributed by atoms with Crippen LogP contribution in [0.3, 0.4) is 0 Å². The van der Waals surface area contributed by atoms with E-state index in [9.17, 15) is 4.79 Å². The van der Waals surface area contributed by atoms with Crippen molar-refractivity contribution in [2.75, 3.05) is 0 Å². The fourth-order valence-electron chi connectivity index (χ4n) is 0.894. The lowest BCUT2D eigenvalue weighted by atomic mass is 10.1. The van der Waals surface area contributed by atoms with Gasteiger partial charge in [-0.05, 0) is 58.8 Å². The zero-order chi connectivity index (χ0) is 9.30. The van der Waals surface area contributed by atoms with Gasteiger partial charge in [0.15, 0.2) is 0 Å². The Morgan fingerprint density at radius 1 is 1.50 bits per heavy atom. The number of hydrogen-bond acceptors (Lipinski definition) is 1. The molecule has 0 N–H and O–H groups in total. The van der Waals surface area contributed by atoms with Gasteiger partial charge in [-0.1, -0.05) is 11.6 Å². The highest BCUT2D eigenvalue weighted by Gasteiger charge is 2.12. The normalized spacial score (nSPS) is 10.0. The van der Waals surface area contributed by atoms with E-state index in [2.05, 4.69) is 22.6 Å². The van der Waals surface area contributed by atoms with Crippen LogP contribution in [0, 0.1) is 10.5 Å². The zero-order valence-electron chi connectivity index (χ0n) is 6.20. The molecule has 1 nitrogen and oxygen atoms in total. The summed E-state index contributed by atoms with van der Waals surface area (Å²) in [5, 5.41) is -0.0936. The highest BCUT2D eigenvalue weighted by Crippen LogP contribution is 2.25. The van der Waals surface area contributed by atoms with Crippen molar-refractivity contribution in [3.8, 4) is 0 Å². The van der Waals surface area contributed by atoms with E-state index in [0.29, 0.717) is 10.6 Å². The van der Waals surface area contributed by atoms with Crippen LogP contribution in [-0.4, -0.2) is 5.24 Å². The summed E-state index contributed by atoms with van der Waals surface area (Å²) < 4.78 is 0.987. The van der Waals surface area contributed by atoms with Crippen molar-refractivity contribution in [3.05, 3.63) is 31.9 Å². The molecule has 1 aromatic carbocycles. The maximum atomic E-state index is 10.9. The maximum Gasteiger partial charge on any atom is 0.254 e. The summed E-state index contributed by atoms with van der Waals surface area (Å²) in [4.78, 5) is 10.9. The van der Waals surface area contributed by atoms with E-state index >= 15 is 0 Å². The van der Waals surface area contributed by atoms with E-state index < -0.39 is 5.24 Å². The van der Waals surface area contributed by atoms with Gasteiger partial charge in [-0.2, -0.15) is 0 Å². The molecule has 0 aromatic heterocycles. The van der Waals surface area contributed by atoms with Crippen LogP contribution in [0.4, 0.5) is 0 Å². The fraction of sp³-hybridized carbons (Fsp3) is 0.125. The van der Waals surface area contributed by atoms with Crippen molar-refractivity contribution >= 4 is 51.0 Å². The number of hydrogen-bond donors (Lipinski definition) is 0. The van der Waals surface area contributed by atoms with Gasteiger partial charge in [-0.25, -0.2) is 0 Å². The molecular formula is C8H5Cl2IO. The van der Waals surface area contributed by atoms with Crippen LogP contribution < -0.4 is 0 Å². The number of carbonyl (C=O) groups is 1. The van der Waals surface area contributed by atoms with Gasteiger partial charge in [0.25, 0.3) is 5.24 Å². The molecule has 0 aliphatic heterocycles. The van der Waals surface area contributed by atoms with E-state index in [-0.39, 0.29) is 0 Å². The van der Waals surface area contributed by atoms with Crippen molar-refractivity contribution in [3.63, 3.8) is 0 Å². The van der Waals surface area contributed by atoms with E-state index in [1.807, 2.05) is 13.0 Å². The molecule has 4 heteroatoms. The molecule has 1 aromatic rings. The van der Waals surface area contributed by atoms with Crippen molar-refractivity contribution in [1.29, 1.82) is 0 Å². The lowest BCUT2D eigenvalue weighted by molar-refractivity contribution is 0.108. The molecule has 0 saturated carbocycles. The van der Waals surface area contributed by atoms with Gasteiger partial charge in [-0.15, -0.1) is 0 Å². The van der Waals surface area contributed by atoms with E-state index in [1.54, 1.807) is 6.07 Å². The van der Waals surface area contributed by atoms with Crippen LogP contribution in [0.1, 0.15) is 15.9 Å². The first kappa shape index (κ1) is 10.3. The molecular weight excluding hydrogens is 310 g/mol. The molecule has 12 heavy (non-hydrogen) atoms. The van der Waals surface area contributed by atoms with Crippen LogP contribution in [-0.2, 0) is 0 Å². The monoisotopic (exact) mass is 314 g/mol. The quantitative estimate of drug-likeness (QED) is 0.571. The second-order valence-electron chi connectivity index (χ2n) is 2.30. The van der Waals surface area contributed by atoms with Crippen LogP contribution in [0.25, 0.3) is 0 Å². The van der Waals surface area contributed by atoms with Crippen molar-refractivity contribution in [1.82, 2.24) is 0 Å². The van der Waals surface area contributed by atoms with Crippen molar-refractivity contribution in [2.24, 2.45) is 0 Å². The number of benzene rings is 1. The largest absolute Gasteiger partial charge is 0.276 e. The summed E-state index contributed by atoms with van der Waals surface area (Å²) in [6.07, 6.45) is 0. The average molecular weight is 315 g/mol. The topological polar surface area (TPSA) is 17.1 Å². The Labute approximate surface area is 94.2 Å². The minimum absolute atomic E-state index is 0.408. The minimum atomic E-state index is -0.504. The Balaban J connectivity index is 3.43. The second kappa shape index (κ2) is 3.94. The Bertz CT molecular complexity index is 336. The van der Waals surface area contributed by atoms with Gasteiger partial charge >= 0.3 is 0 Å². The average Bonchev–Trinajstić information content (AvgIpc) is 1.97. The summed E-state index contributed by atoms with van der Waals surface area (Å²) in [5.41, 5.74) is 1.24. The first-order valence-electron chi connectivity index (χ1n) is 3.18. The van der Waals surface area contributed by atoms with Crippen molar-refractivity contribution in [2.45, 2.75) is 6.92 Å². The Kier molecular flexibility index (Phi) is 3.37. The highest BCUT2D eigenvalue weighted by atomic mass is 127. The lowest BCUT2D eigenvalue weighted by Gasteiger charge is -2.04. The van der Waals surface area contributed by atoms with Crippen LogP contribution in [0.15, 0.2) is 12.1 Å². The van der Waals surface area contributed by atoms with Gasteiger partial charge in [0, 0.05) is 3.57 Å². The first-order chi connectivity index (χ1) is 5.54. The van der Waals surface area contributed by atoms with Gasteiger partial charge in [0.1, 0.15) is 0 Å². The molecule has 0 spiro atoms. The molecule has 0 atom stereocenters. The standard InChI is InChI=1S/C8H5Cl2IO/c1-4-6(11)3-2-5(9)7(4)8(10)12/h2-3H,1H3. The molecule has 0 aliphatic rings. The Hall–Kier alpha value is 0.200. The fourth-order valence-corrected chi connectivity index (χ4v) is 1.93. The van der Waals surface area contributed by atoms with E-state index in [1.165, 1.54) is 0 Å². The summed E-state index contributed by atoms with van der Waals surface area (Å²) >= 11 is 13.3. The maximum absolute atomic E-state index is 10.9. The van der Waals surface area contributed by atoms with Gasteiger partial charge in [0.2, 0.25) is 0 Å². The van der Waals surface area contributed by atoms with Gasteiger partial charge in [-0.3, -0.25) is 4.79 Å². The molecule has 0 radical (unpaired) electrons. The summed E-state index contributed by atoms with van der Waals surface area (Å²) in [7, 11) is 0. The predicted molar refractivity (Wildman–Crippen MR) is 59.1 cm³/mol. The highest BCUT2D eigenvalue weighted by molar-refractivity contribution is 14.1. The molecule has 0 fully saturated rings. The van der Waals surface area contributed by atoms with E-state index in [4.69, 9.17) is 23.2 Å². The molecule has 1 rings (SSSR count). The van der Waals surface area contributed by atoms with Crippen LogP contribution >= 0.6 is 45.8 Å². The number of halogens is 3. The summed E-state index contributed by atoms with van der Waals surface area (Å²) in [5.74, 6) is 0. The third-order valence-electron chi connectivity index (χ3n) is 1.54. The molecule has 0 bridgehead atoms. The first-order valence-corrected chi connectivity index (χ1v) is 5.02. The Morgan fingerprint density at radius 2 is 2.08 bits per heavy atom. The molecule has 0 aliphatic carbocycles. The molecule has 0 heterocycles. The Morgan fingerprint density at radius 3 is 2.50 bits per heavy atom.